The molecule has 1 saturated heterocycles. The van der Waals surface area contributed by atoms with Gasteiger partial charge in [-0.1, -0.05) is 6.07 Å². The van der Waals surface area contributed by atoms with Crippen LogP contribution in [0.3, 0.4) is 0 Å². The summed E-state index contributed by atoms with van der Waals surface area (Å²) in [5, 5.41) is 14.3. The standard InChI is InChI=1S/C29H34FN5O5/c1-29(2,38)17-35-15-19(13-33-35)18-3-8-25(23(11-18)28(31)37)40-26-9-10-34(16-24(26)30)27(36)12-20-4-5-22(14-32-20)39-21-6-7-21/h3-5,8,11,13-15,21,24,26,38H,6-7,9-10,12,16-17H2,1-2H3,(H2,31,37). The van der Waals surface area contributed by atoms with Crippen LogP contribution in [-0.2, 0) is 17.8 Å². The number of ether oxygens (including phenoxy) is 2. The number of primary amides is 1. The van der Waals surface area contributed by atoms with Crippen LogP contribution in [0.5, 0.6) is 11.5 Å². The number of nitrogens with two attached hydrogens (primary N) is 1. The summed E-state index contributed by atoms with van der Waals surface area (Å²) in [4.78, 5) is 30.8. The van der Waals surface area contributed by atoms with Gasteiger partial charge in [0.2, 0.25) is 5.91 Å². The third kappa shape index (κ3) is 6.95. The summed E-state index contributed by atoms with van der Waals surface area (Å²) in [6, 6.07) is 8.48. The van der Waals surface area contributed by atoms with Gasteiger partial charge >= 0.3 is 0 Å². The molecule has 40 heavy (non-hydrogen) atoms. The van der Waals surface area contributed by atoms with Crippen molar-refractivity contribution < 1.29 is 28.6 Å². The zero-order valence-electron chi connectivity index (χ0n) is 22.6. The first-order valence-electron chi connectivity index (χ1n) is 13.4. The molecule has 2 aromatic heterocycles. The number of alkyl halides is 1. The van der Waals surface area contributed by atoms with Crippen molar-refractivity contribution in [3.8, 4) is 22.6 Å². The minimum absolute atomic E-state index is 0.0711. The Balaban J connectivity index is 1.19. The van der Waals surface area contributed by atoms with E-state index in [1.807, 2.05) is 0 Å². The highest BCUT2D eigenvalue weighted by Crippen LogP contribution is 2.30. The molecular weight excluding hydrogens is 517 g/mol. The lowest BCUT2D eigenvalue weighted by atomic mass is 10.0. The molecule has 1 saturated carbocycles. The molecule has 0 radical (unpaired) electrons. The van der Waals surface area contributed by atoms with Gasteiger partial charge in [0.15, 0.2) is 6.17 Å². The van der Waals surface area contributed by atoms with Gasteiger partial charge in [0, 0.05) is 30.4 Å². The molecule has 1 aromatic carbocycles. The average molecular weight is 552 g/mol. The number of aliphatic hydroxyl groups is 1. The molecule has 11 heteroatoms. The fraction of sp³-hybridized carbons (Fsp3) is 0.448. The van der Waals surface area contributed by atoms with E-state index in [1.54, 1.807) is 67.5 Å². The van der Waals surface area contributed by atoms with Gasteiger partial charge in [0.25, 0.3) is 5.91 Å². The van der Waals surface area contributed by atoms with Crippen LogP contribution in [0.15, 0.2) is 48.9 Å². The minimum atomic E-state index is -1.44. The number of carbonyl (C=O) groups excluding carboxylic acids is 2. The summed E-state index contributed by atoms with van der Waals surface area (Å²) in [5.41, 5.74) is 6.82. The van der Waals surface area contributed by atoms with E-state index in [0.717, 1.165) is 18.4 Å². The molecule has 2 fully saturated rings. The Hall–Kier alpha value is -3.99. The maximum absolute atomic E-state index is 15.2. The van der Waals surface area contributed by atoms with Crippen molar-refractivity contribution in [2.24, 2.45) is 5.73 Å². The van der Waals surface area contributed by atoms with Crippen molar-refractivity contribution in [3.05, 3.63) is 60.2 Å². The Morgan fingerprint density at radius 3 is 2.58 bits per heavy atom. The van der Waals surface area contributed by atoms with Gasteiger partial charge in [-0.3, -0.25) is 19.3 Å². The quantitative estimate of drug-likeness (QED) is 0.396. The lowest BCUT2D eigenvalue weighted by molar-refractivity contribution is -0.134. The van der Waals surface area contributed by atoms with E-state index in [-0.39, 0.29) is 42.7 Å². The highest BCUT2D eigenvalue weighted by Gasteiger charge is 2.34. The molecule has 2 aliphatic rings. The number of hydrogen-bond donors (Lipinski definition) is 2. The second kappa shape index (κ2) is 11.2. The van der Waals surface area contributed by atoms with Gasteiger partial charge in [0.05, 0.1) is 49.2 Å². The number of hydrogen-bond acceptors (Lipinski definition) is 7. The first-order chi connectivity index (χ1) is 19.0. The first-order valence-corrected chi connectivity index (χ1v) is 13.4. The number of rotatable bonds is 10. The highest BCUT2D eigenvalue weighted by atomic mass is 19.1. The fourth-order valence-corrected chi connectivity index (χ4v) is 4.64. The maximum Gasteiger partial charge on any atom is 0.252 e. The van der Waals surface area contributed by atoms with Gasteiger partial charge in [-0.2, -0.15) is 5.10 Å². The lowest BCUT2D eigenvalue weighted by Gasteiger charge is -2.35. The van der Waals surface area contributed by atoms with E-state index in [2.05, 4.69) is 10.1 Å². The average Bonchev–Trinajstić information content (AvgIpc) is 3.60. The molecule has 212 valence electrons. The van der Waals surface area contributed by atoms with Crippen LogP contribution in [0.25, 0.3) is 11.1 Å². The third-order valence-electron chi connectivity index (χ3n) is 6.83. The van der Waals surface area contributed by atoms with Crippen molar-refractivity contribution in [1.82, 2.24) is 19.7 Å². The van der Waals surface area contributed by atoms with Gasteiger partial charge in [0.1, 0.15) is 17.6 Å². The van der Waals surface area contributed by atoms with Crippen LogP contribution >= 0.6 is 0 Å². The number of benzene rings is 1. The Morgan fingerprint density at radius 1 is 1.12 bits per heavy atom. The summed E-state index contributed by atoms with van der Waals surface area (Å²) in [7, 11) is 0. The van der Waals surface area contributed by atoms with E-state index in [1.165, 1.54) is 4.90 Å². The number of pyridine rings is 1. The first kappa shape index (κ1) is 27.6. The molecule has 1 aliphatic heterocycles. The van der Waals surface area contributed by atoms with Crippen LogP contribution in [0.1, 0.15) is 49.2 Å². The zero-order chi connectivity index (χ0) is 28.4. The summed E-state index contributed by atoms with van der Waals surface area (Å²) >= 11 is 0. The van der Waals surface area contributed by atoms with Crippen molar-refractivity contribution in [1.29, 1.82) is 0 Å². The topological polar surface area (TPSA) is 133 Å². The largest absolute Gasteiger partial charge is 0.489 e. The molecule has 3 N–H and O–H groups in total. The number of amides is 2. The summed E-state index contributed by atoms with van der Waals surface area (Å²) in [6.07, 6.45) is 5.43. The molecule has 3 heterocycles. The monoisotopic (exact) mass is 551 g/mol. The van der Waals surface area contributed by atoms with Gasteiger partial charge in [-0.15, -0.1) is 0 Å². The molecule has 2 unspecified atom stereocenters. The van der Waals surface area contributed by atoms with E-state index in [9.17, 15) is 14.7 Å². The van der Waals surface area contributed by atoms with E-state index < -0.39 is 23.8 Å². The molecule has 2 atom stereocenters. The molecular formula is C29H34FN5O5. The lowest BCUT2D eigenvalue weighted by Crippen LogP contribution is -2.49. The number of likely N-dealkylation sites (tertiary alicyclic amines) is 1. The molecule has 1 aliphatic carbocycles. The number of carbonyl (C=O) groups is 2. The number of aromatic nitrogens is 3. The van der Waals surface area contributed by atoms with Crippen LogP contribution in [-0.4, -0.2) is 73.7 Å². The Labute approximate surface area is 231 Å². The molecule has 10 nitrogen and oxygen atoms in total. The zero-order valence-corrected chi connectivity index (χ0v) is 22.6. The molecule has 0 bridgehead atoms. The normalized spacial score (nSPS) is 19.4. The van der Waals surface area contributed by atoms with Gasteiger partial charge in [-0.05, 0) is 56.5 Å². The van der Waals surface area contributed by atoms with E-state index >= 15 is 4.39 Å². The van der Waals surface area contributed by atoms with Crippen LogP contribution in [0.4, 0.5) is 4.39 Å². The third-order valence-corrected chi connectivity index (χ3v) is 6.83. The van der Waals surface area contributed by atoms with Crippen molar-refractivity contribution in [2.75, 3.05) is 13.1 Å². The van der Waals surface area contributed by atoms with Crippen LogP contribution < -0.4 is 15.2 Å². The van der Waals surface area contributed by atoms with Crippen molar-refractivity contribution in [3.63, 3.8) is 0 Å². The van der Waals surface area contributed by atoms with Gasteiger partial charge < -0.3 is 25.2 Å². The van der Waals surface area contributed by atoms with E-state index in [0.29, 0.717) is 30.1 Å². The predicted octanol–water partition coefficient (Wildman–Crippen LogP) is 2.92. The second-order valence-corrected chi connectivity index (χ2v) is 11.1. The minimum Gasteiger partial charge on any atom is -0.489 e. The Kier molecular flexibility index (Phi) is 7.75. The van der Waals surface area contributed by atoms with Crippen LogP contribution in [0.2, 0.25) is 0 Å². The summed E-state index contributed by atoms with van der Waals surface area (Å²) in [6.45, 7) is 3.87. The van der Waals surface area contributed by atoms with E-state index in [4.69, 9.17) is 15.2 Å². The summed E-state index contributed by atoms with van der Waals surface area (Å²) < 4.78 is 28.4. The smallest absolute Gasteiger partial charge is 0.252 e. The number of piperidine rings is 1. The van der Waals surface area contributed by atoms with Crippen molar-refractivity contribution in [2.45, 2.75) is 70.1 Å². The SMILES string of the molecule is CC(C)(O)Cn1cc(-c2ccc(OC3CCN(C(=O)Cc4ccc(OC5CC5)cn4)CC3F)c(C(N)=O)c2)cn1. The number of nitrogens with zero attached hydrogens (tertiary/aromatic N) is 4. The maximum atomic E-state index is 15.2. The van der Waals surface area contributed by atoms with Crippen LogP contribution in [0, 0.1) is 0 Å². The molecule has 2 amide bonds. The van der Waals surface area contributed by atoms with Gasteiger partial charge in [-0.25, -0.2) is 4.39 Å². The molecule has 3 aromatic rings. The second-order valence-electron chi connectivity index (χ2n) is 11.1. The molecule has 5 rings (SSSR count). The predicted molar refractivity (Wildman–Crippen MR) is 145 cm³/mol. The highest BCUT2D eigenvalue weighted by molar-refractivity contribution is 5.97. The fourth-order valence-electron chi connectivity index (χ4n) is 4.64. The number of halogens is 1. The Morgan fingerprint density at radius 2 is 1.93 bits per heavy atom. The van der Waals surface area contributed by atoms with Crippen molar-refractivity contribution >= 4 is 11.8 Å². The molecule has 0 spiro atoms. The summed E-state index contributed by atoms with van der Waals surface area (Å²) in [5.74, 6) is -0.0449. The Bertz CT molecular complexity index is 1370.